The first-order valence-corrected chi connectivity index (χ1v) is 9.07. The zero-order valence-electron chi connectivity index (χ0n) is 15.4. The molecule has 0 amide bonds. The van der Waals surface area contributed by atoms with E-state index in [1.54, 1.807) is 0 Å². The third-order valence-corrected chi connectivity index (χ3v) is 5.20. The van der Waals surface area contributed by atoms with Crippen molar-refractivity contribution in [2.75, 3.05) is 52.4 Å². The molecule has 0 aromatic carbocycles. The van der Waals surface area contributed by atoms with Crippen molar-refractivity contribution in [3.8, 4) is 0 Å². The highest BCUT2D eigenvalue weighted by Crippen LogP contribution is 2.31. The average molecular weight is 314 g/mol. The third kappa shape index (κ3) is 5.17. The van der Waals surface area contributed by atoms with E-state index in [4.69, 9.17) is 0 Å². The Morgan fingerprint density at radius 3 is 1.86 bits per heavy atom. The number of rotatable bonds is 4. The predicted octanol–water partition coefficient (Wildman–Crippen LogP) is 2.86. The predicted molar refractivity (Wildman–Crippen MR) is 92.1 cm³/mol. The molecule has 0 radical (unpaired) electrons. The summed E-state index contributed by atoms with van der Waals surface area (Å²) in [4.78, 5) is 7.29. The Hall–Kier alpha value is -0.190. The SMILES string of the molecule is CC(C)CN1CCN(CC2(F)CCN(C(C)(C)C)CC2)CC1. The zero-order valence-corrected chi connectivity index (χ0v) is 15.4. The molecule has 2 rings (SSSR count). The summed E-state index contributed by atoms with van der Waals surface area (Å²) >= 11 is 0. The van der Waals surface area contributed by atoms with Crippen molar-refractivity contribution in [1.82, 2.24) is 14.7 Å². The van der Waals surface area contributed by atoms with Crippen LogP contribution in [0.25, 0.3) is 0 Å². The van der Waals surface area contributed by atoms with Crippen LogP contribution in [0.15, 0.2) is 0 Å². The number of alkyl halides is 1. The van der Waals surface area contributed by atoms with Crippen molar-refractivity contribution in [1.29, 1.82) is 0 Å². The van der Waals surface area contributed by atoms with E-state index in [0.717, 1.165) is 45.2 Å². The van der Waals surface area contributed by atoms with Crippen LogP contribution in [0.1, 0.15) is 47.5 Å². The molecule has 0 aromatic rings. The molecule has 0 aromatic heterocycles. The lowest BCUT2D eigenvalue weighted by molar-refractivity contribution is -0.0133. The van der Waals surface area contributed by atoms with E-state index in [2.05, 4.69) is 49.3 Å². The number of halogens is 1. The molecule has 0 atom stereocenters. The van der Waals surface area contributed by atoms with Gasteiger partial charge in [-0.1, -0.05) is 13.8 Å². The minimum atomic E-state index is -0.970. The zero-order chi connectivity index (χ0) is 16.4. The molecule has 0 bridgehead atoms. The lowest BCUT2D eigenvalue weighted by Crippen LogP contribution is -2.55. The van der Waals surface area contributed by atoms with Crippen LogP contribution in [0.3, 0.4) is 0 Å². The summed E-state index contributed by atoms with van der Waals surface area (Å²) in [5.41, 5.74) is -0.800. The Morgan fingerprint density at radius 1 is 0.909 bits per heavy atom. The quantitative estimate of drug-likeness (QED) is 0.790. The van der Waals surface area contributed by atoms with E-state index >= 15 is 4.39 Å². The van der Waals surface area contributed by atoms with Gasteiger partial charge in [0.25, 0.3) is 0 Å². The molecular weight excluding hydrogens is 277 g/mol. The van der Waals surface area contributed by atoms with Crippen LogP contribution in [0.5, 0.6) is 0 Å². The van der Waals surface area contributed by atoms with Gasteiger partial charge in [-0.2, -0.15) is 0 Å². The maximum absolute atomic E-state index is 15.1. The first-order chi connectivity index (χ1) is 10.2. The molecule has 2 heterocycles. The van der Waals surface area contributed by atoms with Crippen LogP contribution >= 0.6 is 0 Å². The van der Waals surface area contributed by atoms with E-state index in [-0.39, 0.29) is 5.54 Å². The van der Waals surface area contributed by atoms with Gasteiger partial charge in [0.1, 0.15) is 5.67 Å². The van der Waals surface area contributed by atoms with Crippen LogP contribution in [0.4, 0.5) is 4.39 Å². The molecule has 0 saturated carbocycles. The second-order valence-electron chi connectivity index (χ2n) is 8.78. The van der Waals surface area contributed by atoms with E-state index in [1.807, 2.05) is 0 Å². The van der Waals surface area contributed by atoms with Gasteiger partial charge < -0.3 is 4.90 Å². The second kappa shape index (κ2) is 7.14. The molecule has 2 saturated heterocycles. The molecule has 4 heteroatoms. The molecule has 0 N–H and O–H groups in total. The Bertz CT molecular complexity index is 335. The van der Waals surface area contributed by atoms with Crippen LogP contribution < -0.4 is 0 Å². The van der Waals surface area contributed by atoms with E-state index in [1.165, 1.54) is 6.54 Å². The molecule has 2 aliphatic rings. The first kappa shape index (κ1) is 18.2. The van der Waals surface area contributed by atoms with Crippen molar-refractivity contribution in [2.24, 2.45) is 5.92 Å². The summed E-state index contributed by atoms with van der Waals surface area (Å²) in [5, 5.41) is 0. The Kier molecular flexibility index (Phi) is 5.89. The molecule has 22 heavy (non-hydrogen) atoms. The van der Waals surface area contributed by atoms with Crippen molar-refractivity contribution in [3.63, 3.8) is 0 Å². The highest BCUT2D eigenvalue weighted by atomic mass is 19.1. The maximum atomic E-state index is 15.1. The fourth-order valence-electron chi connectivity index (χ4n) is 3.78. The smallest absolute Gasteiger partial charge is 0.126 e. The van der Waals surface area contributed by atoms with E-state index in [0.29, 0.717) is 19.4 Å². The van der Waals surface area contributed by atoms with Gasteiger partial charge in [-0.15, -0.1) is 0 Å². The fraction of sp³-hybridized carbons (Fsp3) is 1.00. The lowest BCUT2D eigenvalue weighted by atomic mass is 9.89. The van der Waals surface area contributed by atoms with Crippen molar-refractivity contribution >= 4 is 0 Å². The van der Waals surface area contributed by atoms with Gasteiger partial charge in [-0.25, -0.2) is 4.39 Å². The third-order valence-electron chi connectivity index (χ3n) is 5.20. The molecule has 3 nitrogen and oxygen atoms in total. The van der Waals surface area contributed by atoms with Crippen LogP contribution in [-0.2, 0) is 0 Å². The maximum Gasteiger partial charge on any atom is 0.126 e. The fourth-order valence-corrected chi connectivity index (χ4v) is 3.78. The molecule has 2 fully saturated rings. The molecular formula is C18H36FN3. The molecule has 2 aliphatic heterocycles. The first-order valence-electron chi connectivity index (χ1n) is 9.07. The van der Waals surface area contributed by atoms with E-state index in [9.17, 15) is 0 Å². The minimum absolute atomic E-state index is 0.170. The largest absolute Gasteiger partial charge is 0.301 e. The molecule has 0 spiro atoms. The van der Waals surface area contributed by atoms with Gasteiger partial charge in [-0.05, 0) is 39.5 Å². The summed E-state index contributed by atoms with van der Waals surface area (Å²) in [5.74, 6) is 0.723. The number of likely N-dealkylation sites (tertiary alicyclic amines) is 1. The van der Waals surface area contributed by atoms with E-state index < -0.39 is 5.67 Å². The highest BCUT2D eigenvalue weighted by molar-refractivity contribution is 4.93. The number of hydrogen-bond acceptors (Lipinski definition) is 3. The number of hydrogen-bond donors (Lipinski definition) is 0. The number of piperidine rings is 1. The van der Waals surface area contributed by atoms with Crippen LogP contribution in [0.2, 0.25) is 0 Å². The Morgan fingerprint density at radius 2 is 1.41 bits per heavy atom. The average Bonchev–Trinajstić information content (AvgIpc) is 2.39. The highest BCUT2D eigenvalue weighted by Gasteiger charge is 2.39. The summed E-state index contributed by atoms with van der Waals surface area (Å²) in [6, 6.07) is 0. The topological polar surface area (TPSA) is 9.72 Å². The van der Waals surface area contributed by atoms with Gasteiger partial charge in [0.05, 0.1) is 0 Å². The van der Waals surface area contributed by atoms with Crippen molar-refractivity contribution in [3.05, 3.63) is 0 Å². The van der Waals surface area contributed by atoms with Gasteiger partial charge in [0, 0.05) is 57.9 Å². The van der Waals surface area contributed by atoms with Gasteiger partial charge in [0.15, 0.2) is 0 Å². The Balaban J connectivity index is 1.75. The summed E-state index contributed by atoms with van der Waals surface area (Å²) in [6.45, 7) is 19.1. The number of piperazine rings is 1. The van der Waals surface area contributed by atoms with Crippen LogP contribution in [-0.4, -0.2) is 78.3 Å². The molecule has 0 unspecified atom stereocenters. The normalized spacial score (nSPS) is 25.8. The van der Waals surface area contributed by atoms with Gasteiger partial charge in [-0.3, -0.25) is 9.80 Å². The van der Waals surface area contributed by atoms with Gasteiger partial charge >= 0.3 is 0 Å². The lowest BCUT2D eigenvalue weighted by Gasteiger charge is -2.45. The molecule has 0 aliphatic carbocycles. The summed E-state index contributed by atoms with van der Waals surface area (Å²) in [7, 11) is 0. The summed E-state index contributed by atoms with van der Waals surface area (Å²) < 4.78 is 15.1. The number of nitrogens with zero attached hydrogens (tertiary/aromatic N) is 3. The van der Waals surface area contributed by atoms with Gasteiger partial charge in [0.2, 0.25) is 0 Å². The standard InChI is InChI=1S/C18H36FN3/c1-16(2)14-20-10-12-21(13-11-20)15-18(19)6-8-22(9-7-18)17(3,4)5/h16H,6-15H2,1-5H3. The van der Waals surface area contributed by atoms with Crippen molar-refractivity contribution < 1.29 is 4.39 Å². The van der Waals surface area contributed by atoms with Crippen molar-refractivity contribution in [2.45, 2.75) is 58.7 Å². The monoisotopic (exact) mass is 313 g/mol. The second-order valence-corrected chi connectivity index (χ2v) is 8.78. The minimum Gasteiger partial charge on any atom is -0.301 e. The Labute approximate surface area is 136 Å². The summed E-state index contributed by atoms with van der Waals surface area (Å²) in [6.07, 6.45) is 1.38. The molecule has 130 valence electrons. The van der Waals surface area contributed by atoms with Crippen LogP contribution in [0, 0.1) is 5.92 Å².